The van der Waals surface area contributed by atoms with Crippen molar-refractivity contribution in [1.82, 2.24) is 5.32 Å². The third kappa shape index (κ3) is 5.33. The highest BCUT2D eigenvalue weighted by Gasteiger charge is 1.90. The van der Waals surface area contributed by atoms with E-state index in [1.807, 2.05) is 13.8 Å². The number of aliphatic imine (C=N–C) groups is 1. The van der Waals surface area contributed by atoms with Crippen molar-refractivity contribution in [3.05, 3.63) is 12.3 Å². The zero-order valence-corrected chi connectivity index (χ0v) is 7.15. The number of hydrogen-bond donors (Lipinski definition) is 2. The van der Waals surface area contributed by atoms with Crippen LogP contribution in [0.1, 0.15) is 20.3 Å². The minimum absolute atomic E-state index is 0.683. The van der Waals surface area contributed by atoms with Crippen LogP contribution in [-0.4, -0.2) is 18.6 Å². The summed E-state index contributed by atoms with van der Waals surface area (Å²) < 4.78 is 0. The lowest BCUT2D eigenvalue weighted by Crippen LogP contribution is -2.19. The summed E-state index contributed by atoms with van der Waals surface area (Å²) in [6.07, 6.45) is 1.98. The Morgan fingerprint density at radius 2 is 2.36 bits per heavy atom. The summed E-state index contributed by atoms with van der Waals surface area (Å²) >= 11 is 0. The monoisotopic (exact) mass is 153 g/mol. The number of hydrogen-bond acceptors (Lipinski definition) is 2. The standard InChI is InChI=1S/C8H15N3/c1-4-7(2)10-5-8(3)11-6-9/h6,9-10H,2,4-5H2,1,3H3. The van der Waals surface area contributed by atoms with Crippen LogP contribution in [0.4, 0.5) is 0 Å². The highest BCUT2D eigenvalue weighted by Crippen LogP contribution is 1.88. The molecule has 0 bridgehead atoms. The van der Waals surface area contributed by atoms with E-state index in [2.05, 4.69) is 16.9 Å². The summed E-state index contributed by atoms with van der Waals surface area (Å²) in [6, 6.07) is 0. The normalized spacial score (nSPS) is 10.9. The van der Waals surface area contributed by atoms with Gasteiger partial charge in [-0.2, -0.15) is 0 Å². The molecule has 0 aliphatic heterocycles. The van der Waals surface area contributed by atoms with Gasteiger partial charge in [0.15, 0.2) is 0 Å². The summed E-state index contributed by atoms with van der Waals surface area (Å²) in [5.74, 6) is 0. The number of rotatable bonds is 5. The van der Waals surface area contributed by atoms with Gasteiger partial charge >= 0.3 is 0 Å². The zero-order chi connectivity index (χ0) is 8.69. The van der Waals surface area contributed by atoms with Crippen molar-refractivity contribution in [2.45, 2.75) is 20.3 Å². The molecule has 0 aliphatic rings. The van der Waals surface area contributed by atoms with Gasteiger partial charge in [0.25, 0.3) is 0 Å². The van der Waals surface area contributed by atoms with E-state index >= 15 is 0 Å². The van der Waals surface area contributed by atoms with Gasteiger partial charge in [-0.25, -0.2) is 4.99 Å². The fraction of sp³-hybridized carbons (Fsp3) is 0.500. The molecular weight excluding hydrogens is 138 g/mol. The Morgan fingerprint density at radius 1 is 1.73 bits per heavy atom. The first-order valence-electron chi connectivity index (χ1n) is 3.64. The van der Waals surface area contributed by atoms with Crippen LogP contribution < -0.4 is 5.32 Å². The van der Waals surface area contributed by atoms with Crippen LogP contribution in [0.25, 0.3) is 0 Å². The molecule has 62 valence electrons. The lowest BCUT2D eigenvalue weighted by Gasteiger charge is -2.05. The molecule has 0 aromatic rings. The average Bonchev–Trinajstić information content (AvgIpc) is 2.01. The van der Waals surface area contributed by atoms with Gasteiger partial charge in [-0.15, -0.1) is 0 Å². The van der Waals surface area contributed by atoms with E-state index in [4.69, 9.17) is 5.41 Å². The molecule has 0 heterocycles. The van der Waals surface area contributed by atoms with Crippen molar-refractivity contribution in [2.24, 2.45) is 4.99 Å². The van der Waals surface area contributed by atoms with Crippen molar-refractivity contribution in [3.8, 4) is 0 Å². The largest absolute Gasteiger partial charge is 0.384 e. The summed E-state index contributed by atoms with van der Waals surface area (Å²) in [5.41, 5.74) is 1.90. The maximum absolute atomic E-state index is 6.70. The van der Waals surface area contributed by atoms with Crippen LogP contribution in [0.5, 0.6) is 0 Å². The maximum Gasteiger partial charge on any atom is 0.106 e. The Bertz CT molecular complexity index is 170. The van der Waals surface area contributed by atoms with Gasteiger partial charge in [0.05, 0.1) is 6.54 Å². The van der Waals surface area contributed by atoms with E-state index in [1.165, 1.54) is 0 Å². The van der Waals surface area contributed by atoms with Crippen molar-refractivity contribution in [3.63, 3.8) is 0 Å². The van der Waals surface area contributed by atoms with Crippen molar-refractivity contribution in [2.75, 3.05) is 6.54 Å². The molecule has 0 aromatic heterocycles. The number of allylic oxidation sites excluding steroid dienone is 1. The topological polar surface area (TPSA) is 48.2 Å². The molecule has 11 heavy (non-hydrogen) atoms. The molecule has 0 rings (SSSR count). The van der Waals surface area contributed by atoms with Crippen molar-refractivity contribution in [1.29, 1.82) is 5.41 Å². The van der Waals surface area contributed by atoms with E-state index < -0.39 is 0 Å². The van der Waals surface area contributed by atoms with Gasteiger partial charge < -0.3 is 5.32 Å². The van der Waals surface area contributed by atoms with Gasteiger partial charge in [0, 0.05) is 11.4 Å². The third-order valence-corrected chi connectivity index (χ3v) is 1.31. The molecule has 0 aliphatic carbocycles. The van der Waals surface area contributed by atoms with Crippen LogP contribution in [0.3, 0.4) is 0 Å². The van der Waals surface area contributed by atoms with Crippen LogP contribution in [0, 0.1) is 5.41 Å². The Morgan fingerprint density at radius 3 is 2.82 bits per heavy atom. The van der Waals surface area contributed by atoms with E-state index in [0.717, 1.165) is 24.2 Å². The molecule has 0 saturated carbocycles. The Kier molecular flexibility index (Phi) is 5.07. The smallest absolute Gasteiger partial charge is 0.106 e. The van der Waals surface area contributed by atoms with Gasteiger partial charge in [-0.3, -0.25) is 5.41 Å². The first-order valence-corrected chi connectivity index (χ1v) is 3.64. The second-order valence-corrected chi connectivity index (χ2v) is 2.30. The van der Waals surface area contributed by atoms with Crippen LogP contribution in [0.15, 0.2) is 17.3 Å². The number of nitrogens with one attached hydrogen (secondary N) is 2. The predicted octanol–water partition coefficient (Wildman–Crippen LogP) is 1.57. The molecule has 0 unspecified atom stereocenters. The quantitative estimate of drug-likeness (QED) is 0.457. The molecule has 2 N–H and O–H groups in total. The third-order valence-electron chi connectivity index (χ3n) is 1.31. The van der Waals surface area contributed by atoms with Gasteiger partial charge in [0.2, 0.25) is 0 Å². The highest BCUT2D eigenvalue weighted by molar-refractivity contribution is 5.89. The van der Waals surface area contributed by atoms with E-state index in [0.29, 0.717) is 6.54 Å². The minimum atomic E-state index is 0.683. The molecule has 0 amide bonds. The van der Waals surface area contributed by atoms with E-state index in [-0.39, 0.29) is 0 Å². The van der Waals surface area contributed by atoms with E-state index in [9.17, 15) is 0 Å². The lowest BCUT2D eigenvalue weighted by molar-refractivity contribution is 0.865. The fourth-order valence-corrected chi connectivity index (χ4v) is 0.534. The van der Waals surface area contributed by atoms with Crippen molar-refractivity contribution < 1.29 is 0 Å². The second kappa shape index (κ2) is 5.65. The SMILES string of the molecule is C=C(CC)NCC(C)=NC=N. The minimum Gasteiger partial charge on any atom is -0.384 e. The molecule has 0 saturated heterocycles. The van der Waals surface area contributed by atoms with Crippen molar-refractivity contribution >= 4 is 12.1 Å². The summed E-state index contributed by atoms with van der Waals surface area (Å²) in [7, 11) is 0. The molecule has 0 aromatic carbocycles. The molecule has 3 nitrogen and oxygen atoms in total. The molecule has 0 radical (unpaired) electrons. The highest BCUT2D eigenvalue weighted by atomic mass is 14.9. The van der Waals surface area contributed by atoms with Crippen LogP contribution in [-0.2, 0) is 0 Å². The van der Waals surface area contributed by atoms with Gasteiger partial charge in [0.1, 0.15) is 6.34 Å². The molecule has 3 heteroatoms. The first-order chi connectivity index (χ1) is 5.20. The fourth-order valence-electron chi connectivity index (χ4n) is 0.534. The summed E-state index contributed by atoms with van der Waals surface area (Å²) in [6.45, 7) is 8.38. The van der Waals surface area contributed by atoms with Crippen LogP contribution >= 0.6 is 0 Å². The Labute approximate surface area is 67.7 Å². The maximum atomic E-state index is 6.70. The zero-order valence-electron chi connectivity index (χ0n) is 7.15. The lowest BCUT2D eigenvalue weighted by atomic mass is 10.3. The number of nitrogens with zero attached hydrogens (tertiary/aromatic N) is 1. The summed E-state index contributed by atoms with van der Waals surface area (Å²) in [5, 5.41) is 9.79. The molecule has 0 fully saturated rings. The second-order valence-electron chi connectivity index (χ2n) is 2.30. The van der Waals surface area contributed by atoms with Gasteiger partial charge in [-0.1, -0.05) is 13.5 Å². The Hall–Kier alpha value is -1.12. The molecule has 0 spiro atoms. The first kappa shape index (κ1) is 9.88. The van der Waals surface area contributed by atoms with E-state index in [1.54, 1.807) is 0 Å². The van der Waals surface area contributed by atoms with Crippen LogP contribution in [0.2, 0.25) is 0 Å². The summed E-state index contributed by atoms with van der Waals surface area (Å²) in [4.78, 5) is 3.79. The van der Waals surface area contributed by atoms with Gasteiger partial charge in [-0.05, 0) is 13.3 Å². The average molecular weight is 153 g/mol. The molecule has 0 atom stereocenters. The Balaban J connectivity index is 3.61. The predicted molar refractivity (Wildman–Crippen MR) is 49.3 cm³/mol. The molecular formula is C8H15N3.